The molecule has 0 saturated heterocycles. The molecular formula is C22H18N6O2. The number of hydrogen-bond acceptors (Lipinski definition) is 6. The van der Waals surface area contributed by atoms with Crippen molar-refractivity contribution in [2.75, 3.05) is 16.4 Å². The smallest absolute Gasteiger partial charge is 0.315 e. The van der Waals surface area contributed by atoms with Crippen LogP contribution in [0, 0.1) is 6.92 Å². The van der Waals surface area contributed by atoms with Gasteiger partial charge in [0.2, 0.25) is 0 Å². The predicted octanol–water partition coefficient (Wildman–Crippen LogP) is 3.16. The molecule has 0 bridgehead atoms. The summed E-state index contributed by atoms with van der Waals surface area (Å²) in [5, 5.41) is 6.41. The van der Waals surface area contributed by atoms with Crippen LogP contribution in [0.1, 0.15) is 5.56 Å². The number of nitrogens with one attached hydrogen (secondary N) is 2. The fourth-order valence-corrected chi connectivity index (χ4v) is 2.99. The summed E-state index contributed by atoms with van der Waals surface area (Å²) in [5.74, 6) is -1.06. The largest absolute Gasteiger partial charge is 0.383 e. The van der Waals surface area contributed by atoms with Crippen molar-refractivity contribution in [1.82, 2.24) is 15.0 Å². The van der Waals surface area contributed by atoms with E-state index in [4.69, 9.17) is 5.73 Å². The van der Waals surface area contributed by atoms with E-state index in [1.165, 1.54) is 6.20 Å². The summed E-state index contributed by atoms with van der Waals surface area (Å²) < 4.78 is 0. The molecule has 30 heavy (non-hydrogen) atoms. The van der Waals surface area contributed by atoms with Gasteiger partial charge in [-0.1, -0.05) is 18.2 Å². The van der Waals surface area contributed by atoms with E-state index < -0.39 is 11.8 Å². The van der Waals surface area contributed by atoms with Gasteiger partial charge in [0.15, 0.2) is 0 Å². The molecule has 3 heterocycles. The summed E-state index contributed by atoms with van der Waals surface area (Å²) >= 11 is 0. The quantitative estimate of drug-likeness (QED) is 0.456. The molecule has 0 saturated carbocycles. The molecule has 2 amide bonds. The molecule has 0 radical (unpaired) electrons. The number of anilines is 3. The van der Waals surface area contributed by atoms with Gasteiger partial charge in [-0.3, -0.25) is 14.6 Å². The number of hydrogen-bond donors (Lipinski definition) is 3. The maximum Gasteiger partial charge on any atom is 0.315 e. The lowest BCUT2D eigenvalue weighted by Crippen LogP contribution is -2.29. The lowest BCUT2D eigenvalue weighted by atomic mass is 10.1. The van der Waals surface area contributed by atoms with Crippen LogP contribution in [-0.4, -0.2) is 26.8 Å². The van der Waals surface area contributed by atoms with Gasteiger partial charge in [-0.2, -0.15) is 0 Å². The van der Waals surface area contributed by atoms with Crippen LogP contribution in [-0.2, 0) is 9.59 Å². The SMILES string of the molecule is Cc1ccncc1-c1cc2cc(NC(=O)C(=O)Nc3ccccc3)ncc2c(N)n1. The molecule has 8 heteroatoms. The Labute approximate surface area is 172 Å². The highest BCUT2D eigenvalue weighted by Gasteiger charge is 2.15. The molecular weight excluding hydrogens is 380 g/mol. The maximum absolute atomic E-state index is 12.2. The third kappa shape index (κ3) is 3.93. The third-order valence-corrected chi connectivity index (χ3v) is 4.54. The number of fused-ring (bicyclic) bond motifs is 1. The first-order valence-corrected chi connectivity index (χ1v) is 9.16. The topological polar surface area (TPSA) is 123 Å². The van der Waals surface area contributed by atoms with Crippen molar-refractivity contribution in [2.45, 2.75) is 6.92 Å². The first kappa shape index (κ1) is 19.0. The van der Waals surface area contributed by atoms with E-state index in [-0.39, 0.29) is 5.82 Å². The zero-order valence-corrected chi connectivity index (χ0v) is 16.1. The number of carbonyl (C=O) groups is 2. The van der Waals surface area contributed by atoms with Crippen LogP contribution < -0.4 is 16.4 Å². The van der Waals surface area contributed by atoms with Crippen LogP contribution in [0.25, 0.3) is 22.0 Å². The molecule has 0 aliphatic rings. The monoisotopic (exact) mass is 398 g/mol. The molecule has 0 fully saturated rings. The van der Waals surface area contributed by atoms with Crippen molar-refractivity contribution < 1.29 is 9.59 Å². The van der Waals surface area contributed by atoms with Gasteiger partial charge in [0.1, 0.15) is 11.6 Å². The fraction of sp³-hybridized carbons (Fsp3) is 0.0455. The number of pyridine rings is 3. The van der Waals surface area contributed by atoms with E-state index in [0.29, 0.717) is 22.6 Å². The summed E-state index contributed by atoms with van der Waals surface area (Å²) in [7, 11) is 0. The second-order valence-corrected chi connectivity index (χ2v) is 6.65. The highest BCUT2D eigenvalue weighted by molar-refractivity contribution is 6.43. The Morgan fingerprint density at radius 3 is 2.50 bits per heavy atom. The Bertz CT molecular complexity index is 1260. The van der Waals surface area contributed by atoms with Crippen LogP contribution in [0.2, 0.25) is 0 Å². The van der Waals surface area contributed by atoms with Gasteiger partial charge in [-0.05, 0) is 48.2 Å². The summed E-state index contributed by atoms with van der Waals surface area (Å²) in [4.78, 5) is 37.1. The minimum absolute atomic E-state index is 0.232. The zero-order valence-electron chi connectivity index (χ0n) is 16.1. The predicted molar refractivity (Wildman–Crippen MR) is 116 cm³/mol. The van der Waals surface area contributed by atoms with Crippen molar-refractivity contribution in [3.63, 3.8) is 0 Å². The van der Waals surface area contributed by atoms with Gasteiger partial charge < -0.3 is 16.4 Å². The number of benzene rings is 1. The molecule has 148 valence electrons. The standard InChI is InChI=1S/C22H18N6O2/c1-13-7-8-24-11-16(13)18-9-14-10-19(25-12-17(14)20(23)27-18)28-22(30)21(29)26-15-5-3-2-4-6-15/h2-12H,1H3,(H2,23,27)(H,26,29)(H,25,28,30). The number of carbonyl (C=O) groups excluding carboxylic acids is 2. The number of rotatable bonds is 3. The van der Waals surface area contributed by atoms with Crippen LogP contribution >= 0.6 is 0 Å². The number of nitrogens with zero attached hydrogens (tertiary/aromatic N) is 3. The number of para-hydroxylation sites is 1. The van der Waals surface area contributed by atoms with Gasteiger partial charge in [-0.15, -0.1) is 0 Å². The minimum Gasteiger partial charge on any atom is -0.383 e. The van der Waals surface area contributed by atoms with Crippen LogP contribution in [0.5, 0.6) is 0 Å². The van der Waals surface area contributed by atoms with Gasteiger partial charge >= 0.3 is 11.8 Å². The zero-order chi connectivity index (χ0) is 21.1. The molecule has 4 N–H and O–H groups in total. The molecule has 0 unspecified atom stereocenters. The Balaban J connectivity index is 1.60. The molecule has 1 aromatic carbocycles. The van der Waals surface area contributed by atoms with Gasteiger partial charge in [0.05, 0.1) is 5.69 Å². The van der Waals surface area contributed by atoms with E-state index in [0.717, 1.165) is 16.5 Å². The third-order valence-electron chi connectivity index (χ3n) is 4.54. The second kappa shape index (κ2) is 7.96. The van der Waals surface area contributed by atoms with Gasteiger partial charge in [0.25, 0.3) is 0 Å². The molecule has 0 aliphatic carbocycles. The molecule has 4 aromatic rings. The molecule has 3 aromatic heterocycles. The molecule has 4 rings (SSSR count). The Morgan fingerprint density at radius 2 is 1.73 bits per heavy atom. The van der Waals surface area contributed by atoms with E-state index in [1.807, 2.05) is 25.1 Å². The van der Waals surface area contributed by atoms with E-state index >= 15 is 0 Å². The van der Waals surface area contributed by atoms with Crippen LogP contribution in [0.3, 0.4) is 0 Å². The first-order valence-electron chi connectivity index (χ1n) is 9.16. The van der Waals surface area contributed by atoms with Crippen molar-refractivity contribution in [1.29, 1.82) is 0 Å². The van der Waals surface area contributed by atoms with E-state index in [2.05, 4.69) is 25.6 Å². The highest BCUT2D eigenvalue weighted by Crippen LogP contribution is 2.28. The summed E-state index contributed by atoms with van der Waals surface area (Å²) in [6.45, 7) is 1.96. The number of aryl methyl sites for hydroxylation is 1. The number of nitrogens with two attached hydrogens (primary N) is 1. The van der Waals surface area contributed by atoms with Crippen LogP contribution in [0.15, 0.2) is 67.1 Å². The molecule has 8 nitrogen and oxygen atoms in total. The lowest BCUT2D eigenvalue weighted by molar-refractivity contribution is -0.133. The second-order valence-electron chi connectivity index (χ2n) is 6.65. The minimum atomic E-state index is -0.823. The average molecular weight is 398 g/mol. The Hall–Kier alpha value is -4.33. The number of nitrogen functional groups attached to an aromatic ring is 1. The average Bonchev–Trinajstić information content (AvgIpc) is 2.74. The van der Waals surface area contributed by atoms with Crippen molar-refractivity contribution >= 4 is 39.9 Å². The molecule has 0 aliphatic heterocycles. The van der Waals surface area contributed by atoms with E-state index in [1.54, 1.807) is 42.7 Å². The fourth-order valence-electron chi connectivity index (χ4n) is 2.99. The Morgan fingerprint density at radius 1 is 0.967 bits per heavy atom. The van der Waals surface area contributed by atoms with Crippen molar-refractivity contribution in [3.05, 3.63) is 72.7 Å². The lowest BCUT2D eigenvalue weighted by Gasteiger charge is -2.10. The van der Waals surface area contributed by atoms with Crippen LogP contribution in [0.4, 0.5) is 17.3 Å². The first-order chi connectivity index (χ1) is 14.5. The normalized spacial score (nSPS) is 10.6. The summed E-state index contributed by atoms with van der Waals surface area (Å²) in [5.41, 5.74) is 9.16. The van der Waals surface area contributed by atoms with E-state index in [9.17, 15) is 9.59 Å². The summed E-state index contributed by atoms with van der Waals surface area (Å²) in [6.07, 6.45) is 4.95. The molecule has 0 spiro atoms. The van der Waals surface area contributed by atoms with Gasteiger partial charge in [-0.25, -0.2) is 9.97 Å². The summed E-state index contributed by atoms with van der Waals surface area (Å²) in [6, 6.07) is 14.1. The maximum atomic E-state index is 12.2. The number of amides is 2. The number of aromatic nitrogens is 3. The molecule has 0 atom stereocenters. The Kier molecular flexibility index (Phi) is 5.04. The van der Waals surface area contributed by atoms with Crippen molar-refractivity contribution in [3.8, 4) is 11.3 Å². The van der Waals surface area contributed by atoms with Gasteiger partial charge in [0, 0.05) is 35.2 Å². The highest BCUT2D eigenvalue weighted by atomic mass is 16.2. The van der Waals surface area contributed by atoms with Crippen molar-refractivity contribution in [2.24, 2.45) is 0 Å².